The molecule has 1 saturated heterocycles. The molecular weight excluding hydrogens is 268 g/mol. The van der Waals surface area contributed by atoms with Gasteiger partial charge in [-0.2, -0.15) is 4.98 Å². The van der Waals surface area contributed by atoms with Gasteiger partial charge in [0, 0.05) is 36.9 Å². The molecule has 1 amide bonds. The van der Waals surface area contributed by atoms with Crippen molar-refractivity contribution in [2.24, 2.45) is 0 Å². The van der Waals surface area contributed by atoms with Gasteiger partial charge in [-0.25, -0.2) is 4.98 Å². The second-order valence-electron chi connectivity index (χ2n) is 6.07. The van der Waals surface area contributed by atoms with Crippen molar-refractivity contribution < 1.29 is 9.53 Å². The topological polar surface area (TPSA) is 67.3 Å². The first-order valence-corrected chi connectivity index (χ1v) is 7.37. The average Bonchev–Trinajstić information content (AvgIpc) is 2.47. The van der Waals surface area contributed by atoms with Crippen molar-refractivity contribution in [2.45, 2.75) is 45.2 Å². The summed E-state index contributed by atoms with van der Waals surface area (Å²) in [6.45, 7) is 8.47. The summed E-state index contributed by atoms with van der Waals surface area (Å²) >= 11 is 0. The van der Waals surface area contributed by atoms with Crippen molar-refractivity contribution in [3.8, 4) is 5.88 Å². The Hall–Kier alpha value is -1.69. The minimum atomic E-state index is -0.241. The number of aromatic nitrogens is 2. The minimum absolute atomic E-state index is 0.155. The second-order valence-corrected chi connectivity index (χ2v) is 6.07. The zero-order valence-electron chi connectivity index (χ0n) is 13.2. The maximum absolute atomic E-state index is 12.3. The molecule has 6 heteroatoms. The molecule has 1 fully saturated rings. The average molecular weight is 292 g/mol. The Kier molecular flexibility index (Phi) is 4.77. The van der Waals surface area contributed by atoms with Crippen LogP contribution in [0.15, 0.2) is 12.3 Å². The number of methoxy groups -OCH3 is 1. The molecule has 0 unspecified atom stereocenters. The highest BCUT2D eigenvalue weighted by Gasteiger charge is 2.33. The lowest BCUT2D eigenvalue weighted by atomic mass is 9.89. The Balaban J connectivity index is 1.99. The number of piperidine rings is 1. The van der Waals surface area contributed by atoms with E-state index < -0.39 is 0 Å². The lowest BCUT2D eigenvalue weighted by molar-refractivity contribution is 0.0791. The van der Waals surface area contributed by atoms with E-state index >= 15 is 0 Å². The molecule has 1 aliphatic rings. The van der Waals surface area contributed by atoms with Crippen LogP contribution in [0.2, 0.25) is 0 Å². The fourth-order valence-corrected chi connectivity index (χ4v) is 2.55. The highest BCUT2D eigenvalue weighted by Crippen LogP contribution is 2.23. The highest BCUT2D eigenvalue weighted by atomic mass is 16.5. The Morgan fingerprint density at radius 3 is 2.67 bits per heavy atom. The predicted octanol–water partition coefficient (Wildman–Crippen LogP) is 1.48. The number of carbonyl (C=O) groups excluding carboxylic acids is 1. The fourth-order valence-electron chi connectivity index (χ4n) is 2.55. The summed E-state index contributed by atoms with van der Waals surface area (Å²) in [7, 11) is 1.52. The molecule has 21 heavy (non-hydrogen) atoms. The molecule has 1 aromatic heterocycles. The molecule has 0 spiro atoms. The summed E-state index contributed by atoms with van der Waals surface area (Å²) in [5.41, 5.74) is -0.199. The van der Waals surface area contributed by atoms with E-state index in [0.717, 1.165) is 25.9 Å². The van der Waals surface area contributed by atoms with E-state index in [-0.39, 0.29) is 17.3 Å². The van der Waals surface area contributed by atoms with Crippen LogP contribution in [0.5, 0.6) is 5.88 Å². The third kappa shape index (κ3) is 3.91. The van der Waals surface area contributed by atoms with Crippen molar-refractivity contribution in [2.75, 3.05) is 20.2 Å². The molecule has 0 aliphatic carbocycles. The first-order chi connectivity index (χ1) is 9.93. The number of hydrogen-bond donors (Lipinski definition) is 1. The smallest absolute Gasteiger partial charge is 0.289 e. The van der Waals surface area contributed by atoms with Crippen LogP contribution in [0.1, 0.15) is 44.2 Å². The Morgan fingerprint density at radius 2 is 2.10 bits per heavy atom. The van der Waals surface area contributed by atoms with Crippen LogP contribution in [0.25, 0.3) is 0 Å². The van der Waals surface area contributed by atoms with Crippen LogP contribution in [0, 0.1) is 0 Å². The molecule has 0 atom stereocenters. The van der Waals surface area contributed by atoms with E-state index in [1.165, 1.54) is 13.3 Å². The van der Waals surface area contributed by atoms with Gasteiger partial charge in [0.1, 0.15) is 0 Å². The number of carbonyl (C=O) groups is 1. The number of likely N-dealkylation sites (tertiary alicyclic amines) is 1. The number of nitrogens with one attached hydrogen (secondary N) is 1. The van der Waals surface area contributed by atoms with Crippen LogP contribution in [-0.4, -0.2) is 52.6 Å². The standard InChI is InChI=1S/C15H24N4O2/c1-11(2)19-9-6-15(3,7-10-19)18-14(20)13-16-8-5-12(17-13)21-4/h5,8,11H,6-7,9-10H2,1-4H3,(H,18,20). The first kappa shape index (κ1) is 15.7. The molecule has 1 aliphatic heterocycles. The molecule has 0 aromatic carbocycles. The fraction of sp³-hybridized carbons (Fsp3) is 0.667. The number of amides is 1. The van der Waals surface area contributed by atoms with Crippen molar-refractivity contribution in [3.05, 3.63) is 18.1 Å². The summed E-state index contributed by atoms with van der Waals surface area (Å²) in [4.78, 5) is 22.8. The zero-order valence-corrected chi connectivity index (χ0v) is 13.2. The third-order valence-corrected chi connectivity index (χ3v) is 4.09. The molecule has 0 saturated carbocycles. The number of nitrogens with zero attached hydrogens (tertiary/aromatic N) is 3. The molecule has 6 nitrogen and oxygen atoms in total. The van der Waals surface area contributed by atoms with Gasteiger partial charge >= 0.3 is 0 Å². The van der Waals surface area contributed by atoms with E-state index in [4.69, 9.17) is 4.74 Å². The molecule has 1 aromatic rings. The molecule has 2 heterocycles. The SMILES string of the molecule is COc1ccnc(C(=O)NC2(C)CCN(C(C)C)CC2)n1. The third-order valence-electron chi connectivity index (χ3n) is 4.09. The maximum Gasteiger partial charge on any atom is 0.289 e. The quantitative estimate of drug-likeness (QED) is 0.910. The van der Waals surface area contributed by atoms with Crippen LogP contribution < -0.4 is 10.1 Å². The number of rotatable bonds is 4. The lowest BCUT2D eigenvalue weighted by Crippen LogP contribution is -2.54. The first-order valence-electron chi connectivity index (χ1n) is 7.37. The van der Waals surface area contributed by atoms with E-state index in [1.807, 2.05) is 0 Å². The predicted molar refractivity (Wildman–Crippen MR) is 80.4 cm³/mol. The van der Waals surface area contributed by atoms with E-state index in [9.17, 15) is 4.79 Å². The normalized spacial score (nSPS) is 18.5. The summed E-state index contributed by atoms with van der Waals surface area (Å²) < 4.78 is 5.02. The number of ether oxygens (including phenoxy) is 1. The molecule has 1 N–H and O–H groups in total. The molecular formula is C15H24N4O2. The monoisotopic (exact) mass is 292 g/mol. The number of hydrogen-bond acceptors (Lipinski definition) is 5. The maximum atomic E-state index is 12.3. The van der Waals surface area contributed by atoms with Crippen molar-refractivity contribution in [1.82, 2.24) is 20.2 Å². The van der Waals surface area contributed by atoms with Crippen LogP contribution in [0.4, 0.5) is 0 Å². The summed E-state index contributed by atoms with van der Waals surface area (Å²) in [6, 6.07) is 2.17. The van der Waals surface area contributed by atoms with Gasteiger partial charge < -0.3 is 15.0 Å². The van der Waals surface area contributed by atoms with Gasteiger partial charge in [-0.1, -0.05) is 0 Å². The van der Waals surface area contributed by atoms with Gasteiger partial charge in [-0.15, -0.1) is 0 Å². The summed E-state index contributed by atoms with van der Waals surface area (Å²) in [5, 5.41) is 3.08. The van der Waals surface area contributed by atoms with Crippen molar-refractivity contribution >= 4 is 5.91 Å². The highest BCUT2D eigenvalue weighted by molar-refractivity contribution is 5.91. The van der Waals surface area contributed by atoms with Crippen molar-refractivity contribution in [3.63, 3.8) is 0 Å². The van der Waals surface area contributed by atoms with Crippen LogP contribution >= 0.6 is 0 Å². The summed E-state index contributed by atoms with van der Waals surface area (Å²) in [5.74, 6) is 0.311. The molecule has 2 rings (SSSR count). The molecule has 116 valence electrons. The lowest BCUT2D eigenvalue weighted by Gasteiger charge is -2.41. The van der Waals surface area contributed by atoms with Gasteiger partial charge in [-0.3, -0.25) is 4.79 Å². The molecule has 0 bridgehead atoms. The van der Waals surface area contributed by atoms with Crippen LogP contribution in [-0.2, 0) is 0 Å². The largest absolute Gasteiger partial charge is 0.481 e. The van der Waals surface area contributed by atoms with E-state index in [2.05, 4.69) is 41.0 Å². The van der Waals surface area contributed by atoms with E-state index in [0.29, 0.717) is 11.9 Å². The minimum Gasteiger partial charge on any atom is -0.481 e. The van der Waals surface area contributed by atoms with Gasteiger partial charge in [0.15, 0.2) is 0 Å². The van der Waals surface area contributed by atoms with Crippen molar-refractivity contribution in [1.29, 1.82) is 0 Å². The second kappa shape index (κ2) is 6.39. The summed E-state index contributed by atoms with van der Waals surface area (Å²) in [6.07, 6.45) is 3.40. The van der Waals surface area contributed by atoms with Gasteiger partial charge in [-0.05, 0) is 33.6 Å². The Morgan fingerprint density at radius 1 is 1.43 bits per heavy atom. The van der Waals surface area contributed by atoms with Gasteiger partial charge in [0.05, 0.1) is 7.11 Å². The van der Waals surface area contributed by atoms with Crippen LogP contribution in [0.3, 0.4) is 0 Å². The Bertz CT molecular complexity index is 496. The molecule has 0 radical (unpaired) electrons. The van der Waals surface area contributed by atoms with E-state index in [1.54, 1.807) is 6.07 Å². The van der Waals surface area contributed by atoms with Gasteiger partial charge in [0.2, 0.25) is 11.7 Å². The Labute approximate surface area is 125 Å². The van der Waals surface area contributed by atoms with Gasteiger partial charge in [0.25, 0.3) is 5.91 Å². The zero-order chi connectivity index (χ0) is 15.5.